The van der Waals surface area contributed by atoms with Crippen molar-refractivity contribution in [1.29, 1.82) is 0 Å². The van der Waals surface area contributed by atoms with Crippen LogP contribution in [0.25, 0.3) is 0 Å². The van der Waals surface area contributed by atoms with Gasteiger partial charge in [-0.2, -0.15) is 0 Å². The molecule has 22 heavy (non-hydrogen) atoms. The van der Waals surface area contributed by atoms with Gasteiger partial charge in [0.05, 0.1) is 0 Å². The third-order valence-corrected chi connectivity index (χ3v) is 4.55. The Morgan fingerprint density at radius 1 is 1.23 bits per heavy atom. The number of carbonyl (C=O) groups excluding carboxylic acids is 1. The van der Waals surface area contributed by atoms with E-state index in [1.165, 1.54) is 36.1 Å². The molecule has 1 aromatic carbocycles. The van der Waals surface area contributed by atoms with Gasteiger partial charge < -0.3 is 10.6 Å². The Labute approximate surface area is 134 Å². The van der Waals surface area contributed by atoms with Gasteiger partial charge in [-0.25, -0.2) is 0 Å². The zero-order valence-corrected chi connectivity index (χ0v) is 14.2. The fourth-order valence-electron chi connectivity index (χ4n) is 3.26. The van der Waals surface area contributed by atoms with Crippen LogP contribution in [0, 0.1) is 6.92 Å². The molecule has 0 saturated heterocycles. The van der Waals surface area contributed by atoms with Gasteiger partial charge in [0, 0.05) is 24.7 Å². The Bertz CT molecular complexity index is 490. The maximum Gasteiger partial charge on any atom is 0.221 e. The van der Waals surface area contributed by atoms with E-state index in [2.05, 4.69) is 49.6 Å². The molecule has 1 aliphatic carbocycles. The molecule has 1 aliphatic rings. The normalized spacial score (nSPS) is 15.8. The monoisotopic (exact) mass is 302 g/mol. The summed E-state index contributed by atoms with van der Waals surface area (Å²) < 4.78 is 0. The summed E-state index contributed by atoms with van der Waals surface area (Å²) in [4.78, 5) is 12.1. The van der Waals surface area contributed by atoms with E-state index in [0.717, 1.165) is 12.8 Å². The van der Waals surface area contributed by atoms with E-state index in [0.29, 0.717) is 24.9 Å². The number of aryl methyl sites for hydroxylation is 1. The van der Waals surface area contributed by atoms with Crippen LogP contribution in [0.4, 0.5) is 5.69 Å². The zero-order chi connectivity index (χ0) is 15.9. The van der Waals surface area contributed by atoms with Crippen molar-refractivity contribution in [2.75, 3.05) is 11.9 Å². The summed E-state index contributed by atoms with van der Waals surface area (Å²) in [6.45, 7) is 7.23. The highest BCUT2D eigenvalue weighted by atomic mass is 16.1. The molecule has 0 atom stereocenters. The van der Waals surface area contributed by atoms with E-state index in [1.807, 2.05) is 0 Å². The van der Waals surface area contributed by atoms with Gasteiger partial charge in [0.1, 0.15) is 0 Å². The molecular weight excluding hydrogens is 272 g/mol. The highest BCUT2D eigenvalue weighted by Gasteiger charge is 2.15. The van der Waals surface area contributed by atoms with Crippen molar-refractivity contribution in [2.24, 2.45) is 0 Å². The second-order valence-corrected chi connectivity index (χ2v) is 6.77. The molecule has 1 fully saturated rings. The smallest absolute Gasteiger partial charge is 0.221 e. The number of hydrogen-bond donors (Lipinski definition) is 2. The fraction of sp³-hybridized carbons (Fsp3) is 0.632. The summed E-state index contributed by atoms with van der Waals surface area (Å²) in [5, 5.41) is 6.65. The van der Waals surface area contributed by atoms with Crippen LogP contribution in [0.15, 0.2) is 18.2 Å². The lowest BCUT2D eigenvalue weighted by molar-refractivity contribution is -0.121. The molecule has 2 N–H and O–H groups in total. The average molecular weight is 302 g/mol. The lowest BCUT2D eigenvalue weighted by Gasteiger charge is -2.23. The van der Waals surface area contributed by atoms with E-state index in [9.17, 15) is 4.79 Å². The van der Waals surface area contributed by atoms with Crippen LogP contribution in [0.2, 0.25) is 0 Å². The van der Waals surface area contributed by atoms with Crippen LogP contribution in [-0.4, -0.2) is 18.5 Å². The minimum Gasteiger partial charge on any atom is -0.384 e. The van der Waals surface area contributed by atoms with Crippen LogP contribution < -0.4 is 10.6 Å². The molecule has 122 valence electrons. The van der Waals surface area contributed by atoms with E-state index in [4.69, 9.17) is 0 Å². The van der Waals surface area contributed by atoms with E-state index >= 15 is 0 Å². The van der Waals surface area contributed by atoms with Gasteiger partial charge in [-0.3, -0.25) is 4.79 Å². The van der Waals surface area contributed by atoms with Crippen molar-refractivity contribution in [3.8, 4) is 0 Å². The van der Waals surface area contributed by atoms with Crippen LogP contribution in [0.1, 0.15) is 69.4 Å². The van der Waals surface area contributed by atoms with Crippen molar-refractivity contribution in [3.05, 3.63) is 29.3 Å². The molecule has 0 radical (unpaired) electrons. The number of hydrogen-bond acceptors (Lipinski definition) is 2. The van der Waals surface area contributed by atoms with Gasteiger partial charge in [-0.15, -0.1) is 0 Å². The van der Waals surface area contributed by atoms with Crippen LogP contribution >= 0.6 is 0 Å². The molecule has 1 aromatic rings. The summed E-state index contributed by atoms with van der Waals surface area (Å²) in [6.07, 6.45) is 6.67. The van der Waals surface area contributed by atoms with Gasteiger partial charge in [0.15, 0.2) is 0 Å². The third kappa shape index (κ3) is 4.75. The molecule has 0 spiro atoms. The number of carbonyl (C=O) groups is 1. The van der Waals surface area contributed by atoms with Crippen LogP contribution in [-0.2, 0) is 4.79 Å². The standard InChI is InChI=1S/C19H30N2O/c1-14(2)17-11-7-8-15(3)19(17)20-13-12-18(22)21-16-9-5-4-6-10-16/h7-8,11,14,16,20H,4-6,9-10,12-13H2,1-3H3,(H,21,22). The summed E-state index contributed by atoms with van der Waals surface area (Å²) in [7, 11) is 0. The first-order valence-corrected chi connectivity index (χ1v) is 8.70. The Morgan fingerprint density at radius 2 is 1.95 bits per heavy atom. The van der Waals surface area contributed by atoms with Crippen LogP contribution in [0.3, 0.4) is 0 Å². The molecule has 3 heteroatoms. The Kier molecular flexibility index (Phi) is 6.29. The third-order valence-electron chi connectivity index (χ3n) is 4.55. The topological polar surface area (TPSA) is 41.1 Å². The molecular formula is C19H30N2O. The maximum absolute atomic E-state index is 12.1. The predicted octanol–water partition coefficient (Wildman–Crippen LogP) is 4.37. The second-order valence-electron chi connectivity index (χ2n) is 6.77. The molecule has 0 unspecified atom stereocenters. The number of anilines is 1. The molecule has 1 saturated carbocycles. The second kappa shape index (κ2) is 8.21. The van der Waals surface area contributed by atoms with Crippen molar-refractivity contribution in [1.82, 2.24) is 5.32 Å². The molecule has 3 nitrogen and oxygen atoms in total. The maximum atomic E-state index is 12.1. The van der Waals surface area contributed by atoms with Crippen molar-refractivity contribution < 1.29 is 4.79 Å². The van der Waals surface area contributed by atoms with Crippen molar-refractivity contribution >= 4 is 11.6 Å². The molecule has 0 aliphatic heterocycles. The number of nitrogens with one attached hydrogen (secondary N) is 2. The summed E-state index contributed by atoms with van der Waals surface area (Å²) in [5.41, 5.74) is 3.77. The average Bonchev–Trinajstić information content (AvgIpc) is 2.49. The number of benzene rings is 1. The molecule has 1 amide bonds. The lowest BCUT2D eigenvalue weighted by atomic mass is 9.95. The molecule has 0 heterocycles. The van der Waals surface area contributed by atoms with Crippen molar-refractivity contribution in [2.45, 2.75) is 71.3 Å². The Morgan fingerprint density at radius 3 is 2.64 bits per heavy atom. The first-order valence-electron chi connectivity index (χ1n) is 8.70. The van der Waals surface area contributed by atoms with Gasteiger partial charge in [0.25, 0.3) is 0 Å². The number of para-hydroxylation sites is 1. The van der Waals surface area contributed by atoms with Gasteiger partial charge in [-0.05, 0) is 36.8 Å². The van der Waals surface area contributed by atoms with E-state index < -0.39 is 0 Å². The Hall–Kier alpha value is -1.51. The quantitative estimate of drug-likeness (QED) is 0.819. The predicted molar refractivity (Wildman–Crippen MR) is 93.4 cm³/mol. The summed E-state index contributed by atoms with van der Waals surface area (Å²) >= 11 is 0. The molecule has 0 bridgehead atoms. The van der Waals surface area contributed by atoms with Gasteiger partial charge in [-0.1, -0.05) is 51.3 Å². The summed E-state index contributed by atoms with van der Waals surface area (Å²) in [6, 6.07) is 6.80. The largest absolute Gasteiger partial charge is 0.384 e. The number of amides is 1. The summed E-state index contributed by atoms with van der Waals surface area (Å²) in [5.74, 6) is 0.664. The van der Waals surface area contributed by atoms with Crippen LogP contribution in [0.5, 0.6) is 0 Å². The highest BCUT2D eigenvalue weighted by Crippen LogP contribution is 2.27. The molecule has 0 aromatic heterocycles. The zero-order valence-electron chi connectivity index (χ0n) is 14.2. The minimum atomic E-state index is 0.180. The molecule has 2 rings (SSSR count). The van der Waals surface area contributed by atoms with Gasteiger partial charge in [0.2, 0.25) is 5.91 Å². The lowest BCUT2D eigenvalue weighted by Crippen LogP contribution is -2.36. The Balaban J connectivity index is 1.82. The SMILES string of the molecule is Cc1cccc(C(C)C)c1NCCC(=O)NC1CCCCC1. The first kappa shape index (κ1) is 16.9. The van der Waals surface area contributed by atoms with Gasteiger partial charge >= 0.3 is 0 Å². The first-order chi connectivity index (χ1) is 10.6. The van der Waals surface area contributed by atoms with E-state index in [1.54, 1.807) is 0 Å². The highest BCUT2D eigenvalue weighted by molar-refractivity contribution is 5.77. The fourth-order valence-corrected chi connectivity index (χ4v) is 3.26. The van der Waals surface area contributed by atoms with Crippen molar-refractivity contribution in [3.63, 3.8) is 0 Å². The minimum absolute atomic E-state index is 0.180. The van der Waals surface area contributed by atoms with E-state index in [-0.39, 0.29) is 5.91 Å². The number of rotatable bonds is 6.